The zero-order chi connectivity index (χ0) is 28.5. The Hall–Kier alpha value is -4.73. The lowest BCUT2D eigenvalue weighted by Crippen LogP contribution is -2.34. The highest BCUT2D eigenvalue weighted by atomic mass is 16.6. The fourth-order valence-corrected chi connectivity index (χ4v) is 4.86. The maximum atomic E-state index is 13.5. The number of non-ortho nitro benzene ring substituents is 1. The van der Waals surface area contributed by atoms with E-state index in [0.717, 1.165) is 18.4 Å². The fraction of sp³-hybridized carbons (Fsp3) is 0.300. The van der Waals surface area contributed by atoms with E-state index in [0.29, 0.717) is 22.9 Å². The van der Waals surface area contributed by atoms with Gasteiger partial charge in [-0.3, -0.25) is 24.6 Å². The van der Waals surface area contributed by atoms with Gasteiger partial charge in [0.2, 0.25) is 0 Å². The minimum absolute atomic E-state index is 0.0262. The van der Waals surface area contributed by atoms with Crippen molar-refractivity contribution in [1.82, 2.24) is 5.32 Å². The molecule has 0 aliphatic heterocycles. The predicted octanol–water partition coefficient (Wildman–Crippen LogP) is 6.09. The number of carbonyl (C=O) groups excluding carboxylic acids is 2. The van der Waals surface area contributed by atoms with Crippen LogP contribution >= 0.6 is 0 Å². The van der Waals surface area contributed by atoms with Crippen LogP contribution in [-0.2, 0) is 11.3 Å². The van der Waals surface area contributed by atoms with Crippen LogP contribution in [0.4, 0.5) is 21.9 Å². The van der Waals surface area contributed by atoms with Crippen LogP contribution in [0.3, 0.4) is 0 Å². The number of nitro groups is 1. The number of nitro benzene ring substituents is 1. The first-order chi connectivity index (χ1) is 19.3. The Morgan fingerprint density at radius 3 is 2.30 bits per heavy atom. The number of aliphatic carboxylic acids is 1. The summed E-state index contributed by atoms with van der Waals surface area (Å²) >= 11 is 0. The van der Waals surface area contributed by atoms with E-state index in [2.05, 4.69) is 22.8 Å². The summed E-state index contributed by atoms with van der Waals surface area (Å²) in [6.45, 7) is 0.211. The van der Waals surface area contributed by atoms with E-state index < -0.39 is 16.9 Å². The molecule has 10 heteroatoms. The zero-order valence-corrected chi connectivity index (χ0v) is 22.0. The van der Waals surface area contributed by atoms with Gasteiger partial charge in [-0.2, -0.15) is 0 Å². The van der Waals surface area contributed by atoms with E-state index in [9.17, 15) is 24.5 Å². The number of nitrogens with one attached hydrogen (secondary N) is 2. The summed E-state index contributed by atoms with van der Waals surface area (Å²) in [6, 6.07) is 20.0. The summed E-state index contributed by atoms with van der Waals surface area (Å²) in [5.41, 5.74) is 3.22. The van der Waals surface area contributed by atoms with Gasteiger partial charge in [0.25, 0.3) is 11.6 Å². The highest BCUT2D eigenvalue weighted by Crippen LogP contribution is 2.33. The topological polar surface area (TPSA) is 142 Å². The molecule has 0 aromatic heterocycles. The SMILES string of the molecule is O=C(O)CCNC(=O)c1ccc(CN(C(=O)Nc2cccc([N+](=O)[O-])c2)c2ccc(C3CCCCC3)cc2)cc1. The molecular weight excluding hydrogens is 512 g/mol. The quantitative estimate of drug-likeness (QED) is 0.208. The number of hydrogen-bond acceptors (Lipinski definition) is 5. The number of carbonyl (C=O) groups is 3. The second-order valence-electron chi connectivity index (χ2n) is 9.85. The van der Waals surface area contributed by atoms with Gasteiger partial charge in [-0.25, -0.2) is 4.79 Å². The van der Waals surface area contributed by atoms with Gasteiger partial charge in [-0.1, -0.05) is 49.6 Å². The van der Waals surface area contributed by atoms with Gasteiger partial charge in [0.1, 0.15) is 0 Å². The van der Waals surface area contributed by atoms with Crippen LogP contribution < -0.4 is 15.5 Å². The molecule has 1 saturated carbocycles. The van der Waals surface area contributed by atoms with Crippen molar-refractivity contribution in [2.24, 2.45) is 0 Å². The molecule has 10 nitrogen and oxygen atoms in total. The van der Waals surface area contributed by atoms with Crippen molar-refractivity contribution in [2.75, 3.05) is 16.8 Å². The molecule has 0 saturated heterocycles. The van der Waals surface area contributed by atoms with Crippen molar-refractivity contribution in [1.29, 1.82) is 0 Å². The van der Waals surface area contributed by atoms with Crippen molar-refractivity contribution < 1.29 is 24.4 Å². The number of benzene rings is 3. The number of anilines is 2. The summed E-state index contributed by atoms with van der Waals surface area (Å²) in [4.78, 5) is 48.7. The minimum Gasteiger partial charge on any atom is -0.481 e. The van der Waals surface area contributed by atoms with Crippen LogP contribution in [0.1, 0.15) is 65.9 Å². The fourth-order valence-electron chi connectivity index (χ4n) is 4.86. The number of hydrogen-bond donors (Lipinski definition) is 3. The smallest absolute Gasteiger partial charge is 0.326 e. The lowest BCUT2D eigenvalue weighted by molar-refractivity contribution is -0.384. The Morgan fingerprint density at radius 2 is 1.65 bits per heavy atom. The first-order valence-electron chi connectivity index (χ1n) is 13.3. The Labute approximate surface area is 232 Å². The van der Waals surface area contributed by atoms with Gasteiger partial charge in [0.15, 0.2) is 0 Å². The molecular formula is C30H32N4O6. The van der Waals surface area contributed by atoms with Gasteiger partial charge >= 0.3 is 12.0 Å². The largest absolute Gasteiger partial charge is 0.481 e. The Morgan fingerprint density at radius 1 is 0.950 bits per heavy atom. The second kappa shape index (κ2) is 13.4. The summed E-state index contributed by atoms with van der Waals surface area (Å²) in [7, 11) is 0. The Balaban J connectivity index is 1.53. The number of nitrogens with zero attached hydrogens (tertiary/aromatic N) is 2. The molecule has 4 rings (SSSR count). The predicted molar refractivity (Wildman–Crippen MR) is 152 cm³/mol. The zero-order valence-electron chi connectivity index (χ0n) is 22.0. The standard InChI is InChI=1S/C30H32N4O6/c35-28(36)17-18-31-29(37)24-11-9-21(10-12-24)20-33(30(38)32-25-7-4-8-27(19-25)34(39)40)26-15-13-23(14-16-26)22-5-2-1-3-6-22/h4,7-16,19,22H,1-3,5-6,17-18,20H2,(H,31,37)(H,32,38)(H,35,36). The van der Waals surface area contributed by atoms with Crippen molar-refractivity contribution in [2.45, 2.75) is 51.0 Å². The number of carboxylic acid groups (broad SMARTS) is 1. The molecule has 1 aliphatic carbocycles. The Bertz CT molecular complexity index is 1350. The molecule has 0 radical (unpaired) electrons. The van der Waals surface area contributed by atoms with Gasteiger partial charge in [-0.15, -0.1) is 0 Å². The lowest BCUT2D eigenvalue weighted by Gasteiger charge is -2.25. The molecule has 1 fully saturated rings. The lowest BCUT2D eigenvalue weighted by atomic mass is 9.84. The maximum Gasteiger partial charge on any atom is 0.326 e. The van der Waals surface area contributed by atoms with Crippen molar-refractivity contribution in [3.8, 4) is 0 Å². The van der Waals surface area contributed by atoms with Crippen LogP contribution in [0, 0.1) is 10.1 Å². The average Bonchev–Trinajstić information content (AvgIpc) is 2.96. The van der Waals surface area contributed by atoms with E-state index in [4.69, 9.17) is 5.11 Å². The molecule has 0 unspecified atom stereocenters. The molecule has 3 amide bonds. The number of urea groups is 1. The van der Waals surface area contributed by atoms with Crippen LogP contribution in [0.2, 0.25) is 0 Å². The van der Waals surface area contributed by atoms with Crippen LogP contribution in [0.25, 0.3) is 0 Å². The maximum absolute atomic E-state index is 13.5. The van der Waals surface area contributed by atoms with Gasteiger partial charge in [0.05, 0.1) is 17.9 Å². The van der Waals surface area contributed by atoms with Gasteiger partial charge < -0.3 is 15.7 Å². The highest BCUT2D eigenvalue weighted by molar-refractivity contribution is 6.02. The minimum atomic E-state index is -0.995. The molecule has 1 aliphatic rings. The second-order valence-corrected chi connectivity index (χ2v) is 9.85. The number of carboxylic acids is 1. The molecule has 40 heavy (non-hydrogen) atoms. The van der Waals surface area contributed by atoms with Crippen molar-refractivity contribution in [3.63, 3.8) is 0 Å². The first-order valence-corrected chi connectivity index (χ1v) is 13.3. The molecule has 3 aromatic rings. The normalized spacial score (nSPS) is 13.3. The van der Waals surface area contributed by atoms with E-state index >= 15 is 0 Å². The average molecular weight is 545 g/mol. The number of rotatable bonds is 10. The van der Waals surface area contributed by atoms with Crippen LogP contribution in [-0.4, -0.2) is 34.5 Å². The molecule has 0 atom stereocenters. The molecule has 0 spiro atoms. The highest BCUT2D eigenvalue weighted by Gasteiger charge is 2.20. The molecule has 3 aromatic carbocycles. The van der Waals surface area contributed by atoms with Gasteiger partial charge in [-0.05, 0) is 60.2 Å². The molecule has 0 heterocycles. The van der Waals surface area contributed by atoms with Crippen LogP contribution in [0.5, 0.6) is 0 Å². The summed E-state index contributed by atoms with van der Waals surface area (Å²) in [5, 5.41) is 25.3. The Kier molecular flexibility index (Phi) is 9.45. The summed E-state index contributed by atoms with van der Waals surface area (Å²) in [5.74, 6) is -0.860. The monoisotopic (exact) mass is 544 g/mol. The van der Waals surface area contributed by atoms with Gasteiger partial charge in [0, 0.05) is 35.6 Å². The molecule has 3 N–H and O–H groups in total. The summed E-state index contributed by atoms with van der Waals surface area (Å²) < 4.78 is 0. The van der Waals surface area contributed by atoms with Crippen LogP contribution in [0.15, 0.2) is 72.8 Å². The third-order valence-electron chi connectivity index (χ3n) is 7.02. The van der Waals surface area contributed by atoms with E-state index in [1.54, 1.807) is 35.2 Å². The van der Waals surface area contributed by atoms with E-state index in [1.807, 2.05) is 12.1 Å². The van der Waals surface area contributed by atoms with Crippen molar-refractivity contribution >= 4 is 35.0 Å². The van der Waals surface area contributed by atoms with E-state index in [-0.39, 0.29) is 31.1 Å². The third kappa shape index (κ3) is 7.66. The molecule has 208 valence electrons. The first kappa shape index (κ1) is 28.3. The van der Waals surface area contributed by atoms with Crippen molar-refractivity contribution in [3.05, 3.63) is 99.6 Å². The third-order valence-corrected chi connectivity index (χ3v) is 7.02. The molecule has 0 bridgehead atoms. The van der Waals surface area contributed by atoms with E-state index in [1.165, 1.54) is 43.0 Å². The number of amides is 3. The summed E-state index contributed by atoms with van der Waals surface area (Å²) in [6.07, 6.45) is 5.86.